The molecule has 1 amide bonds. The van der Waals surface area contributed by atoms with Gasteiger partial charge in [-0.25, -0.2) is 0 Å². The zero-order valence-corrected chi connectivity index (χ0v) is 14.6. The lowest BCUT2D eigenvalue weighted by molar-refractivity contribution is 0.0706. The molecule has 0 radical (unpaired) electrons. The van der Waals surface area contributed by atoms with Gasteiger partial charge >= 0.3 is 0 Å². The second-order valence-electron chi connectivity index (χ2n) is 6.75. The quantitative estimate of drug-likeness (QED) is 0.787. The number of carbonyl (C=O) groups is 1. The van der Waals surface area contributed by atoms with Crippen molar-refractivity contribution in [3.05, 3.63) is 83.4 Å². The first-order valence-electron chi connectivity index (χ1n) is 9.07. The molecule has 0 atom stereocenters. The van der Waals surface area contributed by atoms with Gasteiger partial charge in [-0.1, -0.05) is 36.4 Å². The number of likely N-dealkylation sites (tertiary alicyclic amines) is 1. The number of carbonyl (C=O) groups excluding carboxylic acids is 1. The van der Waals surface area contributed by atoms with Crippen molar-refractivity contribution >= 4 is 5.91 Å². The lowest BCUT2D eigenvalue weighted by Gasteiger charge is -2.31. The molecule has 3 heterocycles. The van der Waals surface area contributed by atoms with E-state index in [1.807, 2.05) is 29.3 Å². The fourth-order valence-corrected chi connectivity index (χ4v) is 3.65. The number of piperidine rings is 1. The van der Waals surface area contributed by atoms with Crippen LogP contribution in [0.1, 0.15) is 46.1 Å². The molecule has 5 heteroatoms. The van der Waals surface area contributed by atoms with Gasteiger partial charge in [0.2, 0.25) is 0 Å². The van der Waals surface area contributed by atoms with Crippen LogP contribution in [-0.4, -0.2) is 39.1 Å². The van der Waals surface area contributed by atoms with Gasteiger partial charge in [-0.3, -0.25) is 14.9 Å². The van der Waals surface area contributed by atoms with Crippen LogP contribution in [0, 0.1) is 0 Å². The molecule has 5 nitrogen and oxygen atoms in total. The molecule has 1 aliphatic rings. The number of H-pyrrole nitrogens is 1. The van der Waals surface area contributed by atoms with Crippen molar-refractivity contribution in [1.82, 2.24) is 20.1 Å². The van der Waals surface area contributed by atoms with Gasteiger partial charge in [0.15, 0.2) is 0 Å². The Morgan fingerprint density at radius 3 is 2.58 bits per heavy atom. The van der Waals surface area contributed by atoms with Crippen LogP contribution < -0.4 is 0 Å². The van der Waals surface area contributed by atoms with Gasteiger partial charge in [0.1, 0.15) is 5.69 Å². The van der Waals surface area contributed by atoms with Gasteiger partial charge in [0.05, 0.1) is 6.20 Å². The SMILES string of the molecule is O=C(c1ccccn1)N1CCC(c2[nH]ncc2Cc2ccccc2)CC1. The first kappa shape index (κ1) is 16.5. The predicted molar refractivity (Wildman–Crippen MR) is 100.0 cm³/mol. The summed E-state index contributed by atoms with van der Waals surface area (Å²) in [5, 5.41) is 7.49. The summed E-state index contributed by atoms with van der Waals surface area (Å²) in [4.78, 5) is 18.6. The van der Waals surface area contributed by atoms with Crippen molar-refractivity contribution in [2.45, 2.75) is 25.2 Å². The van der Waals surface area contributed by atoms with Crippen molar-refractivity contribution in [2.24, 2.45) is 0 Å². The molecule has 1 aromatic carbocycles. The minimum absolute atomic E-state index is 0.0261. The molecule has 1 N–H and O–H groups in total. The number of nitrogens with zero attached hydrogens (tertiary/aromatic N) is 3. The number of hydrogen-bond acceptors (Lipinski definition) is 3. The number of aromatic amines is 1. The van der Waals surface area contributed by atoms with Gasteiger partial charge in [0, 0.05) is 37.3 Å². The second kappa shape index (κ2) is 7.52. The topological polar surface area (TPSA) is 61.9 Å². The Balaban J connectivity index is 1.41. The molecule has 132 valence electrons. The summed E-state index contributed by atoms with van der Waals surface area (Å²) >= 11 is 0. The normalized spacial score (nSPS) is 15.2. The third kappa shape index (κ3) is 3.52. The lowest BCUT2D eigenvalue weighted by Crippen LogP contribution is -2.38. The van der Waals surface area contributed by atoms with E-state index in [9.17, 15) is 4.79 Å². The average Bonchev–Trinajstić information content (AvgIpc) is 3.17. The van der Waals surface area contributed by atoms with Gasteiger partial charge in [0.25, 0.3) is 5.91 Å². The molecule has 1 saturated heterocycles. The van der Waals surface area contributed by atoms with Crippen molar-refractivity contribution in [2.75, 3.05) is 13.1 Å². The van der Waals surface area contributed by atoms with Crippen LogP contribution in [0.2, 0.25) is 0 Å². The molecule has 0 unspecified atom stereocenters. The average molecular weight is 346 g/mol. The minimum Gasteiger partial charge on any atom is -0.337 e. The summed E-state index contributed by atoms with van der Waals surface area (Å²) in [6, 6.07) is 15.9. The summed E-state index contributed by atoms with van der Waals surface area (Å²) in [6.45, 7) is 1.51. The number of pyridine rings is 1. The Hall–Kier alpha value is -2.95. The number of amides is 1. The monoisotopic (exact) mass is 346 g/mol. The smallest absolute Gasteiger partial charge is 0.272 e. The van der Waals surface area contributed by atoms with E-state index in [1.54, 1.807) is 12.3 Å². The second-order valence-corrected chi connectivity index (χ2v) is 6.75. The van der Waals surface area contributed by atoms with E-state index < -0.39 is 0 Å². The highest BCUT2D eigenvalue weighted by molar-refractivity contribution is 5.92. The summed E-state index contributed by atoms with van der Waals surface area (Å²) < 4.78 is 0. The molecule has 1 aliphatic heterocycles. The molecular formula is C21H22N4O. The van der Waals surface area contributed by atoms with Crippen LogP contribution in [-0.2, 0) is 6.42 Å². The van der Waals surface area contributed by atoms with E-state index in [0.29, 0.717) is 11.6 Å². The standard InChI is InChI=1S/C21H22N4O/c26-21(19-8-4-5-11-22-19)25-12-9-17(10-13-25)20-18(15-23-24-20)14-16-6-2-1-3-7-16/h1-8,11,15,17H,9-10,12-14H2,(H,23,24). The summed E-state index contributed by atoms with van der Waals surface area (Å²) in [5.74, 6) is 0.446. The first-order chi connectivity index (χ1) is 12.8. The van der Waals surface area contributed by atoms with Crippen LogP contribution in [0.3, 0.4) is 0 Å². The molecule has 3 aromatic rings. The van der Waals surface area contributed by atoms with Crippen LogP contribution in [0.4, 0.5) is 0 Å². The van der Waals surface area contributed by atoms with E-state index in [0.717, 1.165) is 32.4 Å². The fraction of sp³-hybridized carbons (Fsp3) is 0.286. The lowest BCUT2D eigenvalue weighted by atomic mass is 9.89. The van der Waals surface area contributed by atoms with Crippen molar-refractivity contribution < 1.29 is 4.79 Å². The van der Waals surface area contributed by atoms with Gasteiger partial charge < -0.3 is 4.90 Å². The van der Waals surface area contributed by atoms with E-state index >= 15 is 0 Å². The Bertz CT molecular complexity index is 852. The van der Waals surface area contributed by atoms with Crippen molar-refractivity contribution in [3.8, 4) is 0 Å². The predicted octanol–water partition coefficient (Wildman–Crippen LogP) is 3.42. The van der Waals surface area contributed by atoms with Crippen molar-refractivity contribution in [3.63, 3.8) is 0 Å². The van der Waals surface area contributed by atoms with Crippen LogP contribution >= 0.6 is 0 Å². The fourth-order valence-electron chi connectivity index (χ4n) is 3.65. The van der Waals surface area contributed by atoms with Crippen molar-refractivity contribution in [1.29, 1.82) is 0 Å². The largest absolute Gasteiger partial charge is 0.337 e. The van der Waals surface area contributed by atoms with Gasteiger partial charge in [-0.15, -0.1) is 0 Å². The molecule has 0 spiro atoms. The van der Waals surface area contributed by atoms with E-state index in [-0.39, 0.29) is 5.91 Å². The molecule has 4 rings (SSSR count). The van der Waals surface area contributed by atoms with E-state index in [2.05, 4.69) is 39.4 Å². The van der Waals surface area contributed by atoms with Crippen LogP contribution in [0.15, 0.2) is 60.9 Å². The molecule has 26 heavy (non-hydrogen) atoms. The highest BCUT2D eigenvalue weighted by Crippen LogP contribution is 2.30. The molecule has 0 aliphatic carbocycles. The zero-order chi connectivity index (χ0) is 17.8. The Morgan fingerprint density at radius 1 is 1.08 bits per heavy atom. The number of aromatic nitrogens is 3. The number of rotatable bonds is 4. The molecule has 0 bridgehead atoms. The third-order valence-electron chi connectivity index (χ3n) is 5.06. The molecule has 2 aromatic heterocycles. The summed E-state index contributed by atoms with van der Waals surface area (Å²) in [7, 11) is 0. The Labute approximate surface area is 153 Å². The highest BCUT2D eigenvalue weighted by Gasteiger charge is 2.27. The number of nitrogens with one attached hydrogen (secondary N) is 1. The minimum atomic E-state index is 0.0261. The third-order valence-corrected chi connectivity index (χ3v) is 5.06. The van der Waals surface area contributed by atoms with E-state index in [4.69, 9.17) is 0 Å². The summed E-state index contributed by atoms with van der Waals surface area (Å²) in [5.41, 5.74) is 4.29. The Morgan fingerprint density at radius 2 is 1.85 bits per heavy atom. The maximum Gasteiger partial charge on any atom is 0.272 e. The van der Waals surface area contributed by atoms with Crippen LogP contribution in [0.25, 0.3) is 0 Å². The van der Waals surface area contributed by atoms with E-state index in [1.165, 1.54) is 16.8 Å². The van der Waals surface area contributed by atoms with Gasteiger partial charge in [-0.05, 0) is 36.1 Å². The zero-order valence-electron chi connectivity index (χ0n) is 14.6. The molecular weight excluding hydrogens is 324 g/mol. The maximum atomic E-state index is 12.5. The highest BCUT2D eigenvalue weighted by atomic mass is 16.2. The molecule has 1 fully saturated rings. The first-order valence-corrected chi connectivity index (χ1v) is 9.07. The maximum absolute atomic E-state index is 12.5. The molecule has 0 saturated carbocycles. The number of benzene rings is 1. The van der Waals surface area contributed by atoms with Gasteiger partial charge in [-0.2, -0.15) is 5.10 Å². The van der Waals surface area contributed by atoms with Crippen LogP contribution in [0.5, 0.6) is 0 Å². The summed E-state index contributed by atoms with van der Waals surface area (Å²) in [6.07, 6.45) is 6.39. The number of hydrogen-bond donors (Lipinski definition) is 1. The Kier molecular flexibility index (Phi) is 4.78.